The van der Waals surface area contributed by atoms with E-state index in [1.165, 1.54) is 0 Å². The molecule has 0 spiro atoms. The zero-order chi connectivity index (χ0) is 17.4. The van der Waals surface area contributed by atoms with Gasteiger partial charge in [-0.1, -0.05) is 11.6 Å². The highest BCUT2D eigenvalue weighted by atomic mass is 35.5. The van der Waals surface area contributed by atoms with Crippen molar-refractivity contribution in [3.63, 3.8) is 0 Å². The van der Waals surface area contributed by atoms with Crippen LogP contribution in [-0.2, 0) is 25.5 Å². The summed E-state index contributed by atoms with van der Waals surface area (Å²) in [7, 11) is 0. The van der Waals surface area contributed by atoms with Crippen molar-refractivity contribution in [1.82, 2.24) is 0 Å². The van der Waals surface area contributed by atoms with Gasteiger partial charge in [0, 0.05) is 29.5 Å². The van der Waals surface area contributed by atoms with Gasteiger partial charge < -0.3 is 9.29 Å². The fourth-order valence-corrected chi connectivity index (χ4v) is 2.93. The molecule has 0 aliphatic heterocycles. The van der Waals surface area contributed by atoms with E-state index in [0.29, 0.717) is 33.2 Å². The molecule has 1 aliphatic carbocycles. The first-order chi connectivity index (χ1) is 10.6. The molecule has 1 unspecified atom stereocenters. The van der Waals surface area contributed by atoms with E-state index in [-0.39, 0.29) is 12.2 Å². The summed E-state index contributed by atoms with van der Waals surface area (Å²) in [6.45, 7) is 5.25. The number of hydrogen-bond acceptors (Lipinski definition) is 4. The molecule has 0 saturated heterocycles. The molecule has 4 nitrogen and oxygen atoms in total. The molecular weight excluding hydrogens is 336 g/mol. The Bertz CT molecular complexity index is 686. The van der Waals surface area contributed by atoms with Crippen molar-refractivity contribution in [3.8, 4) is 0 Å². The van der Waals surface area contributed by atoms with Crippen LogP contribution in [0.2, 0.25) is 5.02 Å². The van der Waals surface area contributed by atoms with Crippen molar-refractivity contribution in [1.29, 1.82) is 0 Å². The number of hydrogen-bond donors (Lipinski definition) is 0. The molecule has 1 atom stereocenters. The fraction of sp³-hybridized carbons (Fsp3) is 0.412. The van der Waals surface area contributed by atoms with Crippen LogP contribution < -0.4 is 0 Å². The highest BCUT2D eigenvalue weighted by Crippen LogP contribution is 2.37. The molecule has 124 valence electrons. The van der Waals surface area contributed by atoms with Gasteiger partial charge in [-0.2, -0.15) is 0 Å². The van der Waals surface area contributed by atoms with Crippen molar-refractivity contribution in [2.75, 3.05) is 6.26 Å². The van der Waals surface area contributed by atoms with Crippen LogP contribution in [0.15, 0.2) is 28.9 Å². The predicted molar refractivity (Wildman–Crippen MR) is 90.5 cm³/mol. The standard InChI is InChI=1S/C17H19ClO4S/c1-17(2,3)16(20)22-14-8-7-13(19)15(14)11-9-10(23(4)21)5-6-12(11)18/h5-6,9H,7-8H2,1-4H3. The van der Waals surface area contributed by atoms with Gasteiger partial charge in [0.15, 0.2) is 10.7 Å². The van der Waals surface area contributed by atoms with Gasteiger partial charge in [-0.25, -0.2) is 0 Å². The van der Waals surface area contributed by atoms with Gasteiger partial charge in [0.1, 0.15) is 12.0 Å². The van der Waals surface area contributed by atoms with E-state index in [2.05, 4.69) is 0 Å². The van der Waals surface area contributed by atoms with Crippen molar-refractivity contribution in [2.45, 2.75) is 38.5 Å². The first-order valence-electron chi connectivity index (χ1n) is 7.23. The molecule has 1 aromatic rings. The second-order valence-electron chi connectivity index (χ2n) is 6.46. The molecule has 23 heavy (non-hydrogen) atoms. The average molecular weight is 355 g/mol. The monoisotopic (exact) mass is 354 g/mol. The highest BCUT2D eigenvalue weighted by molar-refractivity contribution is 7.90. The van der Waals surface area contributed by atoms with E-state index in [1.807, 2.05) is 0 Å². The van der Waals surface area contributed by atoms with Crippen LogP contribution in [0.25, 0.3) is 5.57 Å². The fourth-order valence-electron chi connectivity index (χ4n) is 2.17. The van der Waals surface area contributed by atoms with Crippen LogP contribution in [0.4, 0.5) is 0 Å². The molecular formula is C17H19ClO4S. The lowest BCUT2D eigenvalue weighted by Gasteiger charge is -2.18. The largest absolute Gasteiger partial charge is 0.612 e. The van der Waals surface area contributed by atoms with E-state index in [0.717, 1.165) is 0 Å². The highest BCUT2D eigenvalue weighted by Gasteiger charge is 2.32. The zero-order valence-electron chi connectivity index (χ0n) is 13.6. The molecule has 1 aromatic carbocycles. The summed E-state index contributed by atoms with van der Waals surface area (Å²) >= 11 is 5.02. The Balaban J connectivity index is 2.49. The number of allylic oxidation sites excluding steroid dienone is 2. The second-order valence-corrected chi connectivity index (χ2v) is 8.24. The SMILES string of the molecule is C[S+]([O-])c1ccc(Cl)c(C2=C(OC(=O)C(C)(C)C)CCC2=O)c1. The number of ketones is 1. The summed E-state index contributed by atoms with van der Waals surface area (Å²) in [5.74, 6) is -0.176. The molecule has 0 radical (unpaired) electrons. The Morgan fingerprint density at radius 3 is 2.52 bits per heavy atom. The summed E-state index contributed by atoms with van der Waals surface area (Å²) in [6.07, 6.45) is 2.20. The number of Topliss-reactive ketones (excluding diaryl/α,β-unsaturated/α-hetero) is 1. The van der Waals surface area contributed by atoms with Crippen LogP contribution in [0.3, 0.4) is 0 Å². The first kappa shape index (κ1) is 18.0. The zero-order valence-corrected chi connectivity index (χ0v) is 15.1. The van der Waals surface area contributed by atoms with Gasteiger partial charge in [0.2, 0.25) is 0 Å². The van der Waals surface area contributed by atoms with Crippen LogP contribution in [0.5, 0.6) is 0 Å². The Hall–Kier alpha value is -1.30. The molecule has 0 amide bonds. The van der Waals surface area contributed by atoms with Gasteiger partial charge >= 0.3 is 5.97 Å². The smallest absolute Gasteiger partial charge is 0.316 e. The number of rotatable bonds is 3. The quantitative estimate of drug-likeness (QED) is 0.612. The molecule has 6 heteroatoms. The van der Waals surface area contributed by atoms with E-state index in [4.69, 9.17) is 16.3 Å². The number of carbonyl (C=O) groups is 2. The lowest BCUT2D eigenvalue weighted by atomic mass is 9.97. The predicted octanol–water partition coefficient (Wildman–Crippen LogP) is 3.74. The molecule has 0 aromatic heterocycles. The minimum atomic E-state index is -1.20. The topological polar surface area (TPSA) is 66.4 Å². The van der Waals surface area contributed by atoms with E-state index < -0.39 is 22.6 Å². The number of esters is 1. The maximum atomic E-state index is 12.3. The third-order valence-corrected chi connectivity index (χ3v) is 4.75. The van der Waals surface area contributed by atoms with Crippen molar-refractivity contribution in [3.05, 3.63) is 34.5 Å². The van der Waals surface area contributed by atoms with Crippen molar-refractivity contribution >= 4 is 40.1 Å². The third-order valence-electron chi connectivity index (χ3n) is 3.50. The number of benzene rings is 1. The van der Waals surface area contributed by atoms with Crippen LogP contribution in [0, 0.1) is 5.41 Å². The van der Waals surface area contributed by atoms with Crippen LogP contribution in [-0.4, -0.2) is 22.6 Å². The van der Waals surface area contributed by atoms with Crippen molar-refractivity contribution < 1.29 is 18.9 Å². The average Bonchev–Trinajstić information content (AvgIpc) is 2.79. The van der Waals surface area contributed by atoms with E-state index in [9.17, 15) is 14.1 Å². The summed E-state index contributed by atoms with van der Waals surface area (Å²) in [5, 5.41) is 0.369. The van der Waals surface area contributed by atoms with Gasteiger partial charge in [0.25, 0.3) is 0 Å². The Labute approximate surface area is 144 Å². The Morgan fingerprint density at radius 1 is 1.30 bits per heavy atom. The number of halogens is 1. The molecule has 0 saturated carbocycles. The first-order valence-corrected chi connectivity index (χ1v) is 9.17. The van der Waals surface area contributed by atoms with E-state index >= 15 is 0 Å². The van der Waals surface area contributed by atoms with Crippen molar-refractivity contribution in [2.24, 2.45) is 5.41 Å². The molecule has 1 aliphatic rings. The molecule has 0 N–H and O–H groups in total. The normalized spacial score (nSPS) is 16.7. The molecule has 0 fully saturated rings. The minimum Gasteiger partial charge on any atom is -0.612 e. The summed E-state index contributed by atoms with van der Waals surface area (Å²) in [6, 6.07) is 4.89. The lowest BCUT2D eigenvalue weighted by molar-refractivity contribution is -0.148. The summed E-state index contributed by atoms with van der Waals surface area (Å²) < 4.78 is 17.1. The summed E-state index contributed by atoms with van der Waals surface area (Å²) in [4.78, 5) is 24.9. The van der Waals surface area contributed by atoms with Gasteiger partial charge in [-0.3, -0.25) is 9.59 Å². The van der Waals surface area contributed by atoms with Gasteiger partial charge in [-0.05, 0) is 44.1 Å². The summed E-state index contributed by atoms with van der Waals surface area (Å²) in [5.41, 5.74) is 0.124. The van der Waals surface area contributed by atoms with Gasteiger partial charge in [-0.15, -0.1) is 0 Å². The lowest BCUT2D eigenvalue weighted by Crippen LogP contribution is -2.22. The van der Waals surface area contributed by atoms with Crippen LogP contribution >= 0.6 is 11.6 Å². The van der Waals surface area contributed by atoms with E-state index in [1.54, 1.807) is 45.2 Å². The van der Waals surface area contributed by atoms with Crippen LogP contribution in [0.1, 0.15) is 39.2 Å². The third kappa shape index (κ3) is 3.97. The Morgan fingerprint density at radius 2 is 1.96 bits per heavy atom. The molecule has 2 rings (SSSR count). The molecule has 0 bridgehead atoms. The number of ether oxygens (including phenoxy) is 1. The second kappa shape index (κ2) is 6.67. The number of carbonyl (C=O) groups excluding carboxylic acids is 2. The van der Waals surface area contributed by atoms with Gasteiger partial charge in [0.05, 0.1) is 11.0 Å². The minimum absolute atomic E-state index is 0.123. The maximum absolute atomic E-state index is 12.3. The molecule has 0 heterocycles. The maximum Gasteiger partial charge on any atom is 0.316 e. The Kier molecular flexibility index (Phi) is 5.23.